The van der Waals surface area contributed by atoms with Crippen molar-refractivity contribution in [3.8, 4) is 11.1 Å². The zero-order chi connectivity index (χ0) is 25.4. The zero-order valence-corrected chi connectivity index (χ0v) is 21.7. The van der Waals surface area contributed by atoms with Crippen LogP contribution in [0.25, 0.3) is 27.7 Å². The molecule has 2 aliphatic rings. The molecule has 1 aromatic carbocycles. The first-order chi connectivity index (χ1) is 18.0. The van der Waals surface area contributed by atoms with Gasteiger partial charge >= 0.3 is 0 Å². The van der Waals surface area contributed by atoms with E-state index in [1.807, 2.05) is 40.7 Å². The van der Waals surface area contributed by atoms with E-state index in [1.165, 1.54) is 21.2 Å². The Morgan fingerprint density at radius 3 is 2.57 bits per heavy atom. The molecule has 10 heteroatoms. The molecule has 8 nitrogen and oxygen atoms in total. The minimum absolute atomic E-state index is 0.0762. The van der Waals surface area contributed by atoms with Gasteiger partial charge in [-0.3, -0.25) is 4.79 Å². The molecule has 37 heavy (non-hydrogen) atoms. The molecule has 1 fully saturated rings. The fourth-order valence-corrected chi connectivity index (χ4v) is 6.94. The predicted octanol–water partition coefficient (Wildman–Crippen LogP) is 4.24. The number of hydrogen-bond acceptors (Lipinski definition) is 6. The van der Waals surface area contributed by atoms with Crippen molar-refractivity contribution in [2.75, 3.05) is 39.4 Å². The van der Waals surface area contributed by atoms with Gasteiger partial charge in [0.2, 0.25) is 10.0 Å². The summed E-state index contributed by atoms with van der Waals surface area (Å²) in [4.78, 5) is 23.5. The highest BCUT2D eigenvalue weighted by Crippen LogP contribution is 2.32. The highest BCUT2D eigenvalue weighted by atomic mass is 32.2. The van der Waals surface area contributed by atoms with Crippen LogP contribution in [0, 0.1) is 0 Å². The molecular formula is C27H26N4O4S2. The summed E-state index contributed by atoms with van der Waals surface area (Å²) in [6.45, 7) is 2.82. The second kappa shape index (κ2) is 9.86. The topological polar surface area (TPSA) is 95.6 Å². The Kier molecular flexibility index (Phi) is 6.41. The lowest BCUT2D eigenvalue weighted by atomic mass is 9.98. The van der Waals surface area contributed by atoms with Crippen LogP contribution in [0.1, 0.15) is 21.7 Å². The highest BCUT2D eigenvalue weighted by molar-refractivity contribution is 7.89. The first-order valence-corrected chi connectivity index (χ1v) is 14.5. The Bertz CT molecular complexity index is 1570. The number of nitrogens with zero attached hydrogens (tertiary/aromatic N) is 3. The number of pyridine rings is 1. The summed E-state index contributed by atoms with van der Waals surface area (Å²) >= 11 is 1.47. The fourth-order valence-electron chi connectivity index (χ4n) is 4.84. The minimum Gasteiger partial charge on any atom is -0.379 e. The Morgan fingerprint density at radius 2 is 1.86 bits per heavy atom. The van der Waals surface area contributed by atoms with E-state index < -0.39 is 10.0 Å². The smallest absolute Gasteiger partial charge is 0.264 e. The van der Waals surface area contributed by atoms with Crippen LogP contribution in [0.5, 0.6) is 0 Å². The molecule has 1 saturated heterocycles. The Hall–Kier alpha value is -3.31. The number of carbonyl (C=O) groups is 1. The number of H-pyrrole nitrogens is 1. The van der Waals surface area contributed by atoms with Gasteiger partial charge in [-0.05, 0) is 47.2 Å². The average molecular weight is 535 g/mol. The molecule has 5 heterocycles. The molecule has 0 atom stereocenters. The number of amides is 1. The number of ether oxygens (including phenoxy) is 1. The third-order valence-corrected chi connectivity index (χ3v) is 9.67. The summed E-state index contributed by atoms with van der Waals surface area (Å²) in [5, 5.41) is 2.93. The average Bonchev–Trinajstić information content (AvgIpc) is 3.64. The van der Waals surface area contributed by atoms with Crippen molar-refractivity contribution >= 4 is 43.9 Å². The third-order valence-electron chi connectivity index (χ3n) is 6.90. The van der Waals surface area contributed by atoms with Crippen molar-refractivity contribution in [2.45, 2.75) is 11.3 Å². The lowest BCUT2D eigenvalue weighted by Crippen LogP contribution is -2.40. The molecule has 0 radical (unpaired) electrons. The number of thiophene rings is 1. The van der Waals surface area contributed by atoms with Crippen molar-refractivity contribution < 1.29 is 17.9 Å². The van der Waals surface area contributed by atoms with E-state index in [0.29, 0.717) is 39.4 Å². The summed E-state index contributed by atoms with van der Waals surface area (Å²) in [6.07, 6.45) is 6.66. The number of aromatic amines is 1. The molecule has 6 rings (SSSR count). The quantitative estimate of drug-likeness (QED) is 0.413. The molecule has 1 N–H and O–H groups in total. The van der Waals surface area contributed by atoms with Gasteiger partial charge in [0.15, 0.2) is 0 Å². The van der Waals surface area contributed by atoms with Gasteiger partial charge in [0.1, 0.15) is 5.65 Å². The number of carbonyl (C=O) groups excluding carboxylic acids is 1. The molecule has 1 amide bonds. The van der Waals surface area contributed by atoms with Crippen LogP contribution in [0.2, 0.25) is 0 Å². The normalized spacial score (nSPS) is 17.2. The monoisotopic (exact) mass is 534 g/mol. The molecule has 0 unspecified atom stereocenters. The number of nitrogens with one attached hydrogen (secondary N) is 1. The maximum atomic E-state index is 13.0. The van der Waals surface area contributed by atoms with Crippen LogP contribution in [0.3, 0.4) is 0 Å². The highest BCUT2D eigenvalue weighted by Gasteiger charge is 2.26. The Morgan fingerprint density at radius 1 is 1.05 bits per heavy atom. The van der Waals surface area contributed by atoms with Crippen molar-refractivity contribution in [3.05, 3.63) is 76.8 Å². The number of fused-ring (bicyclic) bond motifs is 1. The molecular weight excluding hydrogens is 508 g/mol. The largest absolute Gasteiger partial charge is 0.379 e. The number of hydrogen-bond donors (Lipinski definition) is 1. The minimum atomic E-state index is -3.54. The van der Waals surface area contributed by atoms with Gasteiger partial charge < -0.3 is 14.6 Å². The van der Waals surface area contributed by atoms with Crippen LogP contribution in [0.15, 0.2) is 71.2 Å². The fraction of sp³-hybridized carbons (Fsp3) is 0.259. The van der Waals surface area contributed by atoms with E-state index >= 15 is 0 Å². The standard InChI is InChI=1S/C27H26N4O4S2/c32-27(25-2-1-15-36-25)30-9-7-20(8-10-30)24-18-29-26-23(24)16-21(17-28-26)19-3-5-22(6-4-19)37(33,34)31-11-13-35-14-12-31/h1-7,15-18H,8-14H2,(H,28,29). The lowest BCUT2D eigenvalue weighted by molar-refractivity contribution is 0.0730. The molecule has 190 valence electrons. The number of sulfonamides is 1. The van der Waals surface area contributed by atoms with E-state index in [4.69, 9.17) is 4.74 Å². The van der Waals surface area contributed by atoms with Gasteiger partial charge in [-0.15, -0.1) is 11.3 Å². The van der Waals surface area contributed by atoms with E-state index in [-0.39, 0.29) is 10.8 Å². The molecule has 2 aliphatic heterocycles. The lowest BCUT2D eigenvalue weighted by Gasteiger charge is -2.26. The van der Waals surface area contributed by atoms with Gasteiger partial charge in [-0.25, -0.2) is 13.4 Å². The Labute approximate surface area is 219 Å². The van der Waals surface area contributed by atoms with Crippen molar-refractivity contribution in [1.82, 2.24) is 19.2 Å². The third kappa shape index (κ3) is 4.61. The second-order valence-corrected chi connectivity index (χ2v) is 12.0. The van der Waals surface area contributed by atoms with E-state index in [9.17, 15) is 13.2 Å². The van der Waals surface area contributed by atoms with Gasteiger partial charge in [0, 0.05) is 55.1 Å². The van der Waals surface area contributed by atoms with Crippen LogP contribution in [0.4, 0.5) is 0 Å². The SMILES string of the molecule is O=C(c1cccs1)N1CC=C(c2c[nH]c3ncc(-c4ccc(S(=O)(=O)N5CCOCC5)cc4)cc23)CC1. The summed E-state index contributed by atoms with van der Waals surface area (Å²) in [5.41, 5.74) is 4.87. The van der Waals surface area contributed by atoms with Gasteiger partial charge in [0.25, 0.3) is 5.91 Å². The van der Waals surface area contributed by atoms with Gasteiger partial charge in [-0.1, -0.05) is 24.3 Å². The van der Waals surface area contributed by atoms with Crippen LogP contribution in [-0.2, 0) is 14.8 Å². The molecule has 0 bridgehead atoms. The maximum absolute atomic E-state index is 13.0. The van der Waals surface area contributed by atoms with Crippen molar-refractivity contribution in [2.24, 2.45) is 0 Å². The van der Waals surface area contributed by atoms with Crippen LogP contribution < -0.4 is 0 Å². The summed E-state index contributed by atoms with van der Waals surface area (Å²) in [6, 6.07) is 12.8. The Balaban J connectivity index is 1.24. The zero-order valence-electron chi connectivity index (χ0n) is 20.1. The van der Waals surface area contributed by atoms with Crippen LogP contribution in [-0.4, -0.2) is 72.9 Å². The maximum Gasteiger partial charge on any atom is 0.264 e. The molecule has 3 aromatic heterocycles. The van der Waals surface area contributed by atoms with Gasteiger partial charge in [0.05, 0.1) is 23.0 Å². The summed E-state index contributed by atoms with van der Waals surface area (Å²) in [7, 11) is -3.54. The molecule has 0 aliphatic carbocycles. The van der Waals surface area contributed by atoms with Crippen molar-refractivity contribution in [1.29, 1.82) is 0 Å². The van der Waals surface area contributed by atoms with Crippen LogP contribution >= 0.6 is 11.3 Å². The first kappa shape index (κ1) is 24.1. The van der Waals surface area contributed by atoms with E-state index in [0.717, 1.165) is 39.0 Å². The summed E-state index contributed by atoms with van der Waals surface area (Å²) in [5.74, 6) is 0.0762. The second-order valence-electron chi connectivity index (χ2n) is 9.07. The predicted molar refractivity (Wildman–Crippen MR) is 144 cm³/mol. The first-order valence-electron chi connectivity index (χ1n) is 12.2. The molecule has 0 saturated carbocycles. The van der Waals surface area contributed by atoms with Gasteiger partial charge in [-0.2, -0.15) is 4.31 Å². The number of morpholine rings is 1. The van der Waals surface area contributed by atoms with E-state index in [2.05, 4.69) is 22.1 Å². The number of aromatic nitrogens is 2. The molecule has 4 aromatic rings. The number of rotatable bonds is 5. The molecule has 0 spiro atoms. The van der Waals surface area contributed by atoms with Crippen molar-refractivity contribution in [3.63, 3.8) is 0 Å². The summed E-state index contributed by atoms with van der Waals surface area (Å²) < 4.78 is 32.7. The number of benzene rings is 1. The van der Waals surface area contributed by atoms with E-state index in [1.54, 1.807) is 18.3 Å².